The molecule has 34 heavy (non-hydrogen) atoms. The fourth-order valence-electron chi connectivity index (χ4n) is 3.06. The molecule has 0 radical (unpaired) electrons. The second-order valence-electron chi connectivity index (χ2n) is 6.69. The van der Waals surface area contributed by atoms with Gasteiger partial charge in [-0.05, 0) is 38.5 Å². The number of fused-ring (bicyclic) bond motifs is 1. The second kappa shape index (κ2) is 16.4. The SMILES string of the molecule is Cc1nn(C)c(C)c1CN1C(=O)[C@@H](C)Oc2c(F)cc(C=C(F)F)cc21.O=P([O-])([O-])[O-].[K+].[K+].[K+]. The van der Waals surface area contributed by atoms with E-state index < -0.39 is 25.8 Å². The molecular weight excluding hydrogens is 559 g/mol. The minimum absolute atomic E-state index is 0. The maximum atomic E-state index is 14.4. The van der Waals surface area contributed by atoms with E-state index in [0.717, 1.165) is 23.0 Å². The third-order valence-electron chi connectivity index (χ3n) is 4.50. The first-order valence-corrected chi connectivity index (χ1v) is 10.2. The van der Waals surface area contributed by atoms with E-state index in [2.05, 4.69) is 5.10 Å². The maximum Gasteiger partial charge on any atom is 1.00 e. The van der Waals surface area contributed by atoms with Gasteiger partial charge in [0, 0.05) is 24.4 Å². The molecule has 16 heteroatoms. The van der Waals surface area contributed by atoms with E-state index in [9.17, 15) is 18.0 Å². The molecule has 0 unspecified atom stereocenters. The van der Waals surface area contributed by atoms with Gasteiger partial charge in [0.05, 0.1) is 17.9 Å². The van der Waals surface area contributed by atoms with Crippen LogP contribution in [0.1, 0.15) is 29.4 Å². The van der Waals surface area contributed by atoms with Crippen LogP contribution in [0, 0.1) is 19.7 Å². The van der Waals surface area contributed by atoms with Crippen molar-refractivity contribution in [3.8, 4) is 5.75 Å². The first kappa shape index (κ1) is 38.4. The van der Waals surface area contributed by atoms with Crippen molar-refractivity contribution in [1.82, 2.24) is 9.78 Å². The van der Waals surface area contributed by atoms with Gasteiger partial charge in [-0.15, -0.1) is 0 Å². The van der Waals surface area contributed by atoms with E-state index in [1.165, 1.54) is 17.9 Å². The van der Waals surface area contributed by atoms with Gasteiger partial charge in [0.25, 0.3) is 12.0 Å². The molecule has 170 valence electrons. The molecule has 2 aromatic rings. The Morgan fingerprint density at radius 3 is 2.18 bits per heavy atom. The topological polar surface area (TPSA) is 134 Å². The molecule has 0 N–H and O–H groups in total. The van der Waals surface area contributed by atoms with Crippen molar-refractivity contribution < 1.29 is 196 Å². The molecule has 1 amide bonds. The third-order valence-corrected chi connectivity index (χ3v) is 4.50. The van der Waals surface area contributed by atoms with Crippen LogP contribution in [-0.2, 0) is 23.0 Å². The number of phosphoric acid groups is 1. The maximum absolute atomic E-state index is 14.4. The van der Waals surface area contributed by atoms with E-state index in [0.29, 0.717) is 6.08 Å². The summed E-state index contributed by atoms with van der Waals surface area (Å²) in [5, 5.41) is 4.32. The molecule has 0 fully saturated rings. The molecule has 1 atom stereocenters. The third kappa shape index (κ3) is 11.2. The van der Waals surface area contributed by atoms with Crippen molar-refractivity contribution in [2.24, 2.45) is 7.05 Å². The molecule has 3 rings (SSSR count). The Balaban J connectivity index is 0. The quantitative estimate of drug-likeness (QED) is 0.261. The van der Waals surface area contributed by atoms with Crippen molar-refractivity contribution >= 4 is 25.5 Å². The largest absolute Gasteiger partial charge is 1.00 e. The molecule has 0 saturated heterocycles. The average Bonchev–Trinajstić information content (AvgIpc) is 2.83. The smallest absolute Gasteiger partial charge is 0.822 e. The Morgan fingerprint density at radius 2 is 1.74 bits per heavy atom. The van der Waals surface area contributed by atoms with Crippen LogP contribution >= 0.6 is 7.82 Å². The molecular formula is C18H18F3K3N3O6P. The molecule has 1 aromatic carbocycles. The molecule has 0 saturated carbocycles. The summed E-state index contributed by atoms with van der Waals surface area (Å²) in [5.41, 5.74) is 2.51. The zero-order chi connectivity index (χ0) is 23.7. The van der Waals surface area contributed by atoms with Gasteiger partial charge in [0.1, 0.15) is 0 Å². The van der Waals surface area contributed by atoms with Gasteiger partial charge >= 0.3 is 154 Å². The Morgan fingerprint density at radius 1 is 1.21 bits per heavy atom. The Hall–Kier alpha value is 2.25. The minimum atomic E-state index is -5.39. The second-order valence-corrected chi connectivity index (χ2v) is 7.58. The zero-order valence-corrected chi connectivity index (χ0v) is 30.2. The Bertz CT molecular complexity index is 1080. The van der Waals surface area contributed by atoms with Crippen molar-refractivity contribution in [3.63, 3.8) is 0 Å². The van der Waals surface area contributed by atoms with Gasteiger partial charge in [-0.25, -0.2) is 4.39 Å². The fraction of sp³-hybridized carbons (Fsp3) is 0.333. The van der Waals surface area contributed by atoms with Crippen LogP contribution in [0.2, 0.25) is 0 Å². The van der Waals surface area contributed by atoms with E-state index >= 15 is 0 Å². The van der Waals surface area contributed by atoms with Crippen molar-refractivity contribution in [2.75, 3.05) is 4.90 Å². The molecule has 0 bridgehead atoms. The van der Waals surface area contributed by atoms with Gasteiger partial charge in [-0.3, -0.25) is 9.48 Å². The van der Waals surface area contributed by atoms with Gasteiger partial charge in [-0.2, -0.15) is 21.7 Å². The summed E-state index contributed by atoms with van der Waals surface area (Å²) in [5.74, 6) is -1.28. The number of aromatic nitrogens is 2. The monoisotopic (exact) mass is 577 g/mol. The number of carbonyl (C=O) groups is 1. The molecule has 1 aliphatic heterocycles. The van der Waals surface area contributed by atoms with E-state index in [4.69, 9.17) is 24.0 Å². The summed E-state index contributed by atoms with van der Waals surface area (Å²) < 4.78 is 55.2. The van der Waals surface area contributed by atoms with Crippen LogP contribution < -0.4 is 178 Å². The molecule has 1 aromatic heterocycles. The standard InChI is InChI=1S/C18H18F3N3O2.3K.H3O4P/c1-9-13(10(2)23(4)22-9)8-24-15-6-12(7-16(20)21)5-14(19)17(15)26-11(3)18(24)25;;;;1-5(2,3)4/h5-7,11H,8H2,1-4H3;;;;(H3,1,2,3,4)/q;3*+1;/p-3/t11-;;;;/m1..../s1. The van der Waals surface area contributed by atoms with E-state index in [-0.39, 0.29) is 184 Å². The number of nitrogens with zero attached hydrogens (tertiary/aromatic N) is 3. The summed E-state index contributed by atoms with van der Waals surface area (Å²) in [7, 11) is -3.60. The number of halogens is 3. The number of hydrogen-bond donors (Lipinski definition) is 0. The van der Waals surface area contributed by atoms with Gasteiger partial charge in [0.15, 0.2) is 17.7 Å². The van der Waals surface area contributed by atoms with E-state index in [1.54, 1.807) is 11.7 Å². The molecule has 9 nitrogen and oxygen atoms in total. The van der Waals surface area contributed by atoms with Crippen LogP contribution in [0.3, 0.4) is 0 Å². The Kier molecular flexibility index (Phi) is 18.5. The molecule has 2 heterocycles. The van der Waals surface area contributed by atoms with E-state index in [1.807, 2.05) is 13.8 Å². The molecule has 0 aliphatic carbocycles. The predicted molar refractivity (Wildman–Crippen MR) is 98.2 cm³/mol. The number of benzene rings is 1. The normalized spacial score (nSPS) is 14.2. The first-order valence-electron chi connectivity index (χ1n) is 8.75. The number of aryl methyl sites for hydroxylation is 2. The number of carbonyl (C=O) groups excluding carboxylic acids is 1. The zero-order valence-electron chi connectivity index (χ0n) is 19.9. The fourth-order valence-corrected chi connectivity index (χ4v) is 3.06. The minimum Gasteiger partial charge on any atom is -0.822 e. The van der Waals surface area contributed by atoms with Crippen molar-refractivity contribution in [2.45, 2.75) is 33.4 Å². The summed E-state index contributed by atoms with van der Waals surface area (Å²) in [6, 6.07) is 2.28. The average molecular weight is 578 g/mol. The summed E-state index contributed by atoms with van der Waals surface area (Å²) in [6.45, 7) is 5.35. The number of hydrogen-bond acceptors (Lipinski definition) is 7. The van der Waals surface area contributed by atoms with Gasteiger partial charge in [-0.1, -0.05) is 0 Å². The number of amides is 1. The predicted octanol–water partition coefficient (Wildman–Crippen LogP) is -8.09. The summed E-state index contributed by atoms with van der Waals surface area (Å²) in [6.07, 6.45) is -2.29. The molecule has 0 spiro atoms. The summed E-state index contributed by atoms with van der Waals surface area (Å²) >= 11 is 0. The summed E-state index contributed by atoms with van der Waals surface area (Å²) in [4.78, 5) is 39.7. The van der Waals surface area contributed by atoms with Gasteiger partial charge < -0.3 is 28.9 Å². The van der Waals surface area contributed by atoms with Gasteiger partial charge in [0.2, 0.25) is 0 Å². The van der Waals surface area contributed by atoms with Crippen LogP contribution in [0.5, 0.6) is 5.75 Å². The van der Waals surface area contributed by atoms with Crippen molar-refractivity contribution in [3.05, 3.63) is 46.5 Å². The number of rotatable bonds is 3. The number of ether oxygens (including phenoxy) is 1. The first-order chi connectivity index (χ1) is 14.2. The van der Waals surface area contributed by atoms with Crippen molar-refractivity contribution in [1.29, 1.82) is 0 Å². The Labute approximate surface area is 322 Å². The number of anilines is 1. The van der Waals surface area contributed by atoms with Crippen LogP contribution in [0.25, 0.3) is 6.08 Å². The van der Waals surface area contributed by atoms with Crippen LogP contribution in [-0.4, -0.2) is 21.8 Å². The van der Waals surface area contributed by atoms with Crippen LogP contribution in [0.15, 0.2) is 18.2 Å². The molecule has 1 aliphatic rings. The van der Waals surface area contributed by atoms with Crippen LogP contribution in [0.4, 0.5) is 18.9 Å².